The maximum Gasteiger partial charge on any atom is 0.344 e. The van der Waals surface area contributed by atoms with Gasteiger partial charge in [0.2, 0.25) is 0 Å². The summed E-state index contributed by atoms with van der Waals surface area (Å²) in [4.78, 5) is 14.3. The normalized spacial score (nSPS) is 43.2. The number of hydrogen-bond acceptors (Lipinski definition) is 2. The highest BCUT2D eigenvalue weighted by molar-refractivity contribution is 5.22. The number of H-pyrrole nitrogens is 1. The zero-order valence-corrected chi connectivity index (χ0v) is 9.98. The Balaban J connectivity index is 1.82. The summed E-state index contributed by atoms with van der Waals surface area (Å²) < 4.78 is 1.35. The number of nitrogens with two attached hydrogens (primary N) is 1. The van der Waals surface area contributed by atoms with Gasteiger partial charge in [0.15, 0.2) is 0 Å². The molecule has 0 radical (unpaired) electrons. The van der Waals surface area contributed by atoms with Crippen LogP contribution >= 0.6 is 0 Å². The van der Waals surface area contributed by atoms with Gasteiger partial charge in [0, 0.05) is 11.6 Å². The van der Waals surface area contributed by atoms with Crippen molar-refractivity contribution in [3.63, 3.8) is 0 Å². The van der Waals surface area contributed by atoms with E-state index in [2.05, 4.69) is 4.98 Å². The first kappa shape index (κ1) is 9.80. The van der Waals surface area contributed by atoms with Gasteiger partial charge in [0.1, 0.15) is 0 Å². The number of nitrogens with one attached hydrogen (secondary N) is 1. The van der Waals surface area contributed by atoms with Gasteiger partial charge in [0.25, 0.3) is 0 Å². The Morgan fingerprint density at radius 2 is 1.71 bits per heavy atom. The molecule has 4 aliphatic carbocycles. The molecule has 0 aromatic carbocycles. The van der Waals surface area contributed by atoms with Gasteiger partial charge in [-0.2, -0.15) is 0 Å². The summed E-state index contributed by atoms with van der Waals surface area (Å²) in [5.41, 5.74) is 1.10. The van der Waals surface area contributed by atoms with E-state index in [0.29, 0.717) is 0 Å². The molecule has 4 heteroatoms. The van der Waals surface area contributed by atoms with Crippen molar-refractivity contribution >= 4 is 0 Å². The molecule has 0 atom stereocenters. The number of nitrogen functional groups attached to an aromatic ring is 1. The quantitative estimate of drug-likeness (QED) is 0.719. The molecule has 92 valence electrons. The molecule has 4 bridgehead atoms. The molecule has 0 aliphatic heterocycles. The van der Waals surface area contributed by atoms with Gasteiger partial charge in [-0.1, -0.05) is 0 Å². The third-order valence-corrected chi connectivity index (χ3v) is 5.39. The molecule has 4 aliphatic rings. The Morgan fingerprint density at radius 3 is 2.12 bits per heavy atom. The molecule has 0 spiro atoms. The van der Waals surface area contributed by atoms with Gasteiger partial charge in [0.05, 0.1) is 5.69 Å². The van der Waals surface area contributed by atoms with Gasteiger partial charge in [-0.25, -0.2) is 9.47 Å². The van der Waals surface area contributed by atoms with E-state index in [1.807, 2.05) is 6.20 Å². The highest BCUT2D eigenvalue weighted by atomic mass is 16.1. The maximum atomic E-state index is 11.5. The molecular formula is C13H19N3O. The standard InChI is InChI=1S/C13H19N3O/c14-16-11(7-15-12(16)17)13-4-8-1-9(5-13)3-10(2-8)6-13/h7-10H,1-6,14H2,(H,15,17). The summed E-state index contributed by atoms with van der Waals surface area (Å²) in [6, 6.07) is 0. The fraction of sp³-hybridized carbons (Fsp3) is 0.769. The summed E-state index contributed by atoms with van der Waals surface area (Å²) in [7, 11) is 0. The third kappa shape index (κ3) is 1.21. The zero-order valence-electron chi connectivity index (χ0n) is 9.98. The fourth-order valence-electron chi connectivity index (χ4n) is 5.21. The predicted molar refractivity (Wildman–Crippen MR) is 65.1 cm³/mol. The van der Waals surface area contributed by atoms with Crippen molar-refractivity contribution < 1.29 is 0 Å². The maximum absolute atomic E-state index is 11.5. The summed E-state index contributed by atoms with van der Waals surface area (Å²) in [6.07, 6.45) is 9.83. The van der Waals surface area contributed by atoms with Crippen LogP contribution in [0.4, 0.5) is 0 Å². The lowest BCUT2D eigenvalue weighted by molar-refractivity contribution is -0.00827. The van der Waals surface area contributed by atoms with Crippen LogP contribution in [0.5, 0.6) is 0 Å². The number of nitrogens with zero attached hydrogens (tertiary/aromatic N) is 1. The van der Waals surface area contributed by atoms with Crippen LogP contribution in [0, 0.1) is 17.8 Å². The summed E-state index contributed by atoms with van der Waals surface area (Å²) in [5.74, 6) is 8.54. The van der Waals surface area contributed by atoms with Gasteiger partial charge in [-0.15, -0.1) is 0 Å². The summed E-state index contributed by atoms with van der Waals surface area (Å²) in [5, 5.41) is 0. The largest absolute Gasteiger partial charge is 0.344 e. The van der Waals surface area contributed by atoms with E-state index < -0.39 is 0 Å². The van der Waals surface area contributed by atoms with Crippen molar-refractivity contribution in [2.24, 2.45) is 17.8 Å². The van der Waals surface area contributed by atoms with E-state index in [0.717, 1.165) is 23.4 Å². The van der Waals surface area contributed by atoms with Crippen LogP contribution in [0.3, 0.4) is 0 Å². The molecule has 0 saturated heterocycles. The highest BCUT2D eigenvalue weighted by Gasteiger charge is 2.52. The predicted octanol–water partition coefficient (Wildman–Crippen LogP) is 1.36. The Kier molecular flexibility index (Phi) is 1.72. The highest BCUT2D eigenvalue weighted by Crippen LogP contribution is 2.60. The molecule has 4 nitrogen and oxygen atoms in total. The average Bonchev–Trinajstić information content (AvgIpc) is 2.58. The Morgan fingerprint density at radius 1 is 1.18 bits per heavy atom. The van der Waals surface area contributed by atoms with Crippen molar-refractivity contribution in [2.45, 2.75) is 43.9 Å². The molecule has 1 aromatic heterocycles. The molecule has 0 unspecified atom stereocenters. The lowest BCUT2D eigenvalue weighted by Gasteiger charge is -2.56. The first-order chi connectivity index (χ1) is 8.16. The van der Waals surface area contributed by atoms with Crippen LogP contribution in [0.25, 0.3) is 0 Å². The van der Waals surface area contributed by atoms with Crippen LogP contribution in [0.1, 0.15) is 44.2 Å². The molecular weight excluding hydrogens is 214 g/mol. The van der Waals surface area contributed by atoms with Crippen molar-refractivity contribution in [1.82, 2.24) is 9.66 Å². The minimum atomic E-state index is -0.171. The third-order valence-electron chi connectivity index (χ3n) is 5.39. The summed E-state index contributed by atoms with van der Waals surface area (Å²) >= 11 is 0. The van der Waals surface area contributed by atoms with Crippen LogP contribution in [0.2, 0.25) is 0 Å². The molecule has 3 N–H and O–H groups in total. The molecule has 0 amide bonds. The lowest BCUT2D eigenvalue weighted by atomic mass is 9.49. The van der Waals surface area contributed by atoms with Crippen LogP contribution in [0.15, 0.2) is 11.0 Å². The van der Waals surface area contributed by atoms with E-state index in [1.165, 1.54) is 43.2 Å². The SMILES string of the molecule is Nn1c(C23CC4CC(CC(C4)C2)C3)c[nH]c1=O. The van der Waals surface area contributed by atoms with Gasteiger partial charge in [-0.05, 0) is 56.3 Å². The van der Waals surface area contributed by atoms with Crippen molar-refractivity contribution in [1.29, 1.82) is 0 Å². The van der Waals surface area contributed by atoms with E-state index in [4.69, 9.17) is 5.84 Å². The second kappa shape index (κ2) is 2.98. The lowest BCUT2D eigenvalue weighted by Crippen LogP contribution is -2.50. The van der Waals surface area contributed by atoms with E-state index in [-0.39, 0.29) is 11.1 Å². The Bertz CT molecular complexity index is 478. The van der Waals surface area contributed by atoms with E-state index in [9.17, 15) is 4.79 Å². The minimum absolute atomic E-state index is 0.171. The molecule has 1 aromatic rings. The van der Waals surface area contributed by atoms with Gasteiger partial charge in [-0.3, -0.25) is 0 Å². The van der Waals surface area contributed by atoms with E-state index >= 15 is 0 Å². The van der Waals surface area contributed by atoms with Crippen molar-refractivity contribution in [3.05, 3.63) is 22.4 Å². The van der Waals surface area contributed by atoms with Crippen LogP contribution in [-0.2, 0) is 5.41 Å². The number of imidazole rings is 1. The minimum Gasteiger partial charge on any atom is -0.335 e. The average molecular weight is 233 g/mol. The van der Waals surface area contributed by atoms with Gasteiger partial charge >= 0.3 is 5.69 Å². The smallest absolute Gasteiger partial charge is 0.335 e. The van der Waals surface area contributed by atoms with E-state index in [1.54, 1.807) is 0 Å². The Hall–Kier alpha value is -1.19. The molecule has 5 rings (SSSR count). The number of rotatable bonds is 1. The first-order valence-electron chi connectivity index (χ1n) is 6.72. The first-order valence-corrected chi connectivity index (χ1v) is 6.72. The van der Waals surface area contributed by atoms with Crippen LogP contribution in [-0.4, -0.2) is 9.66 Å². The van der Waals surface area contributed by atoms with Crippen molar-refractivity contribution in [2.75, 3.05) is 5.84 Å². The van der Waals surface area contributed by atoms with Crippen LogP contribution < -0.4 is 11.5 Å². The molecule has 4 fully saturated rings. The van der Waals surface area contributed by atoms with Gasteiger partial charge < -0.3 is 10.8 Å². The number of aromatic nitrogens is 2. The Labute approximate surface area is 100 Å². The number of aromatic amines is 1. The zero-order chi connectivity index (χ0) is 11.6. The fourth-order valence-corrected chi connectivity index (χ4v) is 5.21. The second-order valence-corrected chi connectivity index (χ2v) is 6.55. The molecule has 1 heterocycles. The summed E-state index contributed by atoms with van der Waals surface area (Å²) in [6.45, 7) is 0. The van der Waals surface area contributed by atoms with Crippen molar-refractivity contribution in [3.8, 4) is 0 Å². The second-order valence-electron chi connectivity index (χ2n) is 6.55. The number of hydrogen-bond donors (Lipinski definition) is 2. The monoisotopic (exact) mass is 233 g/mol. The topological polar surface area (TPSA) is 63.8 Å². The molecule has 17 heavy (non-hydrogen) atoms. The molecule has 4 saturated carbocycles.